The summed E-state index contributed by atoms with van der Waals surface area (Å²) in [6.07, 6.45) is 1.97. The fraction of sp³-hybridized carbons (Fsp3) is 0.750. The predicted molar refractivity (Wildman–Crippen MR) is 75.7 cm³/mol. The van der Waals surface area contributed by atoms with Crippen LogP contribution < -0.4 is 0 Å². The molecule has 0 aromatic carbocycles. The average Bonchev–Trinajstić information content (AvgIpc) is 2.86. The largest absolute Gasteiger partial charge is 0.393 e. The summed E-state index contributed by atoms with van der Waals surface area (Å²) in [4.78, 5) is 6.62. The van der Waals surface area contributed by atoms with E-state index in [1.165, 1.54) is 17.6 Å². The molecule has 108 valence electrons. The molecule has 5 nitrogen and oxygen atoms in total. The second-order valence-electron chi connectivity index (χ2n) is 5.33. The summed E-state index contributed by atoms with van der Waals surface area (Å²) in [5, 5.41) is 12.1. The van der Waals surface area contributed by atoms with Crippen molar-refractivity contribution >= 4 is 21.2 Å². The van der Waals surface area contributed by atoms with Crippen molar-refractivity contribution in [3.05, 3.63) is 16.1 Å². The van der Waals surface area contributed by atoms with Crippen LogP contribution >= 0.6 is 11.3 Å². The van der Waals surface area contributed by atoms with Gasteiger partial charge in [-0.2, -0.15) is 0 Å². The molecular formula is C12H20N2O3S2. The van der Waals surface area contributed by atoms with Crippen LogP contribution in [0, 0.1) is 5.92 Å². The fourth-order valence-electron chi connectivity index (χ4n) is 2.34. The lowest BCUT2D eigenvalue weighted by Gasteiger charge is -2.16. The first-order valence-electron chi connectivity index (χ1n) is 6.35. The lowest BCUT2D eigenvalue weighted by Crippen LogP contribution is -2.24. The molecule has 7 heteroatoms. The number of thiazole rings is 1. The number of sulfone groups is 1. The number of aromatic nitrogens is 1. The van der Waals surface area contributed by atoms with Crippen molar-refractivity contribution in [1.29, 1.82) is 0 Å². The van der Waals surface area contributed by atoms with E-state index in [1.54, 1.807) is 0 Å². The van der Waals surface area contributed by atoms with Gasteiger partial charge in [0.15, 0.2) is 9.84 Å². The highest BCUT2D eigenvalue weighted by atomic mass is 32.2. The molecule has 1 fully saturated rings. The van der Waals surface area contributed by atoms with Crippen LogP contribution in [0.2, 0.25) is 0 Å². The van der Waals surface area contributed by atoms with Crippen molar-refractivity contribution in [2.45, 2.75) is 31.7 Å². The molecular weight excluding hydrogens is 284 g/mol. The number of hydrogen-bond acceptors (Lipinski definition) is 6. The predicted octanol–water partition coefficient (Wildman–Crippen LogP) is 0.890. The van der Waals surface area contributed by atoms with Gasteiger partial charge < -0.3 is 5.11 Å². The van der Waals surface area contributed by atoms with E-state index in [9.17, 15) is 13.5 Å². The molecule has 1 saturated heterocycles. The molecule has 1 aromatic heterocycles. The molecule has 0 radical (unpaired) electrons. The van der Waals surface area contributed by atoms with Crippen molar-refractivity contribution in [3.8, 4) is 0 Å². The molecule has 0 saturated carbocycles. The van der Waals surface area contributed by atoms with Gasteiger partial charge in [-0.3, -0.25) is 4.90 Å². The van der Waals surface area contributed by atoms with Crippen LogP contribution in [0.1, 0.15) is 24.0 Å². The first kappa shape index (κ1) is 14.9. The van der Waals surface area contributed by atoms with Gasteiger partial charge in [-0.15, -0.1) is 11.3 Å². The topological polar surface area (TPSA) is 70.5 Å². The van der Waals surface area contributed by atoms with Crippen molar-refractivity contribution in [2.75, 3.05) is 19.3 Å². The zero-order valence-corrected chi connectivity index (χ0v) is 12.9. The highest BCUT2D eigenvalue weighted by Gasteiger charge is 2.26. The monoisotopic (exact) mass is 304 g/mol. The number of hydrogen-bond donors (Lipinski definition) is 1. The van der Waals surface area contributed by atoms with Crippen LogP contribution in [0.3, 0.4) is 0 Å². The van der Waals surface area contributed by atoms with Gasteiger partial charge in [0.25, 0.3) is 0 Å². The SMILES string of the molecule is CC(O)C1CCN(Cc2csc(CS(C)(=O)=O)n2)C1. The van der Waals surface area contributed by atoms with Crippen molar-refractivity contribution in [2.24, 2.45) is 5.92 Å². The summed E-state index contributed by atoms with van der Waals surface area (Å²) in [6.45, 7) is 4.43. The van der Waals surface area contributed by atoms with E-state index in [0.717, 1.165) is 31.7 Å². The standard InChI is InChI=1S/C12H20N2O3S2/c1-9(15)10-3-4-14(5-10)6-11-7-18-12(13-11)8-19(2,16)17/h7,9-10,15H,3-6,8H2,1-2H3. The normalized spacial score (nSPS) is 22.8. The molecule has 0 spiro atoms. The van der Waals surface area contributed by atoms with Crippen LogP contribution in [0.15, 0.2) is 5.38 Å². The number of rotatable bonds is 5. The second kappa shape index (κ2) is 5.87. The lowest BCUT2D eigenvalue weighted by atomic mass is 10.0. The van der Waals surface area contributed by atoms with E-state index in [-0.39, 0.29) is 11.9 Å². The number of aliphatic hydroxyl groups is 1. The Hall–Kier alpha value is -0.500. The van der Waals surface area contributed by atoms with Crippen LogP contribution in [0.4, 0.5) is 0 Å². The summed E-state index contributed by atoms with van der Waals surface area (Å²) < 4.78 is 22.4. The Kier molecular flexibility index (Phi) is 4.60. The summed E-state index contributed by atoms with van der Waals surface area (Å²) in [6, 6.07) is 0. The van der Waals surface area contributed by atoms with E-state index in [1.807, 2.05) is 12.3 Å². The summed E-state index contributed by atoms with van der Waals surface area (Å²) in [7, 11) is -3.01. The maximum Gasteiger partial charge on any atom is 0.153 e. The first-order chi connectivity index (χ1) is 8.83. The molecule has 19 heavy (non-hydrogen) atoms. The molecule has 2 rings (SSSR count). The average molecular weight is 304 g/mol. The van der Waals surface area contributed by atoms with Crippen LogP contribution in [-0.2, 0) is 22.1 Å². The lowest BCUT2D eigenvalue weighted by molar-refractivity contribution is 0.127. The molecule has 0 bridgehead atoms. The second-order valence-corrected chi connectivity index (χ2v) is 8.41. The van der Waals surface area contributed by atoms with Gasteiger partial charge in [0, 0.05) is 24.7 Å². The maximum atomic E-state index is 11.2. The molecule has 1 aliphatic heterocycles. The molecule has 2 unspecified atom stereocenters. The van der Waals surface area contributed by atoms with E-state index in [0.29, 0.717) is 10.9 Å². The Morgan fingerprint density at radius 3 is 2.95 bits per heavy atom. The molecule has 2 atom stereocenters. The van der Waals surface area contributed by atoms with Gasteiger partial charge >= 0.3 is 0 Å². The smallest absolute Gasteiger partial charge is 0.153 e. The minimum absolute atomic E-state index is 0.0218. The quantitative estimate of drug-likeness (QED) is 0.875. The Morgan fingerprint density at radius 1 is 1.63 bits per heavy atom. The van der Waals surface area contributed by atoms with Crippen molar-refractivity contribution < 1.29 is 13.5 Å². The van der Waals surface area contributed by atoms with Crippen LogP contribution in [0.25, 0.3) is 0 Å². The van der Waals surface area contributed by atoms with Crippen LogP contribution in [0.5, 0.6) is 0 Å². The summed E-state index contributed by atoms with van der Waals surface area (Å²) in [5.41, 5.74) is 0.926. The third-order valence-electron chi connectivity index (χ3n) is 3.36. The highest BCUT2D eigenvalue weighted by molar-refractivity contribution is 7.90. The number of nitrogens with zero attached hydrogens (tertiary/aromatic N) is 2. The minimum atomic E-state index is -3.01. The Morgan fingerprint density at radius 2 is 2.37 bits per heavy atom. The van der Waals surface area contributed by atoms with Gasteiger partial charge in [0.2, 0.25) is 0 Å². The minimum Gasteiger partial charge on any atom is -0.393 e. The Bertz CT molecular complexity index is 525. The zero-order chi connectivity index (χ0) is 14.0. The summed E-state index contributed by atoms with van der Waals surface area (Å²) in [5.74, 6) is 0.364. The Labute approximate surface area is 118 Å². The van der Waals surface area contributed by atoms with Crippen LogP contribution in [-0.4, -0.2) is 48.9 Å². The highest BCUT2D eigenvalue weighted by Crippen LogP contribution is 2.22. The van der Waals surface area contributed by atoms with Gasteiger partial charge in [-0.25, -0.2) is 13.4 Å². The fourth-order valence-corrected chi connectivity index (χ4v) is 4.34. The van der Waals surface area contributed by atoms with Gasteiger partial charge in [0.05, 0.1) is 11.8 Å². The van der Waals surface area contributed by atoms with E-state index in [4.69, 9.17) is 0 Å². The van der Waals surface area contributed by atoms with E-state index in [2.05, 4.69) is 9.88 Å². The maximum absolute atomic E-state index is 11.2. The third kappa shape index (κ3) is 4.52. The van der Waals surface area contributed by atoms with Gasteiger partial charge in [0.1, 0.15) is 10.8 Å². The van der Waals surface area contributed by atoms with E-state index >= 15 is 0 Å². The zero-order valence-electron chi connectivity index (χ0n) is 11.2. The first-order valence-corrected chi connectivity index (χ1v) is 9.29. The Balaban J connectivity index is 1.91. The van der Waals surface area contributed by atoms with Gasteiger partial charge in [-0.05, 0) is 25.8 Å². The molecule has 0 amide bonds. The summed E-state index contributed by atoms with van der Waals surface area (Å²) >= 11 is 1.40. The van der Waals surface area contributed by atoms with Crippen molar-refractivity contribution in [1.82, 2.24) is 9.88 Å². The number of likely N-dealkylation sites (tertiary alicyclic amines) is 1. The molecule has 0 aliphatic carbocycles. The number of aliphatic hydroxyl groups excluding tert-OH is 1. The van der Waals surface area contributed by atoms with Crippen molar-refractivity contribution in [3.63, 3.8) is 0 Å². The molecule has 1 N–H and O–H groups in total. The van der Waals surface area contributed by atoms with Gasteiger partial charge in [-0.1, -0.05) is 0 Å². The molecule has 2 heterocycles. The molecule has 1 aliphatic rings. The third-order valence-corrected chi connectivity index (χ3v) is 5.24. The molecule has 1 aromatic rings. The van der Waals surface area contributed by atoms with E-state index < -0.39 is 9.84 Å².